The first-order chi connectivity index (χ1) is 17.7. The highest BCUT2D eigenvalue weighted by atomic mass is 19.1. The van der Waals surface area contributed by atoms with Crippen molar-refractivity contribution in [2.75, 3.05) is 43.5 Å². The third-order valence-corrected chi connectivity index (χ3v) is 6.50. The molecule has 10 nitrogen and oxygen atoms in total. The number of benzene rings is 2. The third kappa shape index (κ3) is 6.54. The zero-order chi connectivity index (χ0) is 26.5. The number of nitrogens with one attached hydrogen (secondary N) is 2. The molecule has 0 spiro atoms. The first kappa shape index (κ1) is 25.9. The van der Waals surface area contributed by atoms with Crippen LogP contribution in [0.4, 0.5) is 20.6 Å². The van der Waals surface area contributed by atoms with E-state index in [-0.39, 0.29) is 17.4 Å². The predicted octanol–water partition coefficient (Wildman–Crippen LogP) is 3.01. The summed E-state index contributed by atoms with van der Waals surface area (Å²) in [6.45, 7) is 2.24. The van der Waals surface area contributed by atoms with E-state index in [1.165, 1.54) is 37.4 Å². The van der Waals surface area contributed by atoms with Crippen LogP contribution in [0.25, 0.3) is 0 Å². The van der Waals surface area contributed by atoms with Gasteiger partial charge in [-0.05, 0) is 48.7 Å². The van der Waals surface area contributed by atoms with Crippen molar-refractivity contribution in [2.45, 2.75) is 25.3 Å². The van der Waals surface area contributed by atoms with Crippen LogP contribution in [0.15, 0.2) is 42.5 Å². The van der Waals surface area contributed by atoms with Crippen LogP contribution < -0.4 is 15.5 Å². The van der Waals surface area contributed by atoms with Gasteiger partial charge in [-0.1, -0.05) is 12.1 Å². The molecule has 1 aliphatic carbocycles. The number of piperazine rings is 1. The topological polar surface area (TPSA) is 128 Å². The molecular weight excluding hydrogens is 483 g/mol. The molecule has 2 fully saturated rings. The summed E-state index contributed by atoms with van der Waals surface area (Å²) in [6, 6.07) is 9.11. The standard InChI is InChI=1S/C26H29FN4O6/c1-37-26(36)29-21-14-18(24(34)28-20(15-23(32)33)16-4-7-19(27)8-5-16)6-9-22(21)30-10-12-31(13-11-30)25(35)17-2-3-17/h4-9,14,17,20H,2-3,10-13,15H2,1H3,(H,28,34)(H,29,36)(H,32,33). The van der Waals surface area contributed by atoms with Crippen molar-refractivity contribution < 1.29 is 33.4 Å². The Bertz CT molecular complexity index is 1180. The Balaban J connectivity index is 1.52. The van der Waals surface area contributed by atoms with Gasteiger partial charge in [-0.15, -0.1) is 0 Å². The molecule has 196 valence electrons. The molecule has 0 bridgehead atoms. The second kappa shape index (κ2) is 11.3. The number of aliphatic carboxylic acids is 1. The van der Waals surface area contributed by atoms with E-state index in [9.17, 15) is 28.7 Å². The lowest BCUT2D eigenvalue weighted by molar-refractivity contribution is -0.137. The molecule has 4 rings (SSSR count). The number of carbonyl (C=O) groups excluding carboxylic acids is 3. The van der Waals surface area contributed by atoms with Crippen LogP contribution in [0.2, 0.25) is 0 Å². The molecule has 1 atom stereocenters. The zero-order valence-corrected chi connectivity index (χ0v) is 20.4. The lowest BCUT2D eigenvalue weighted by Gasteiger charge is -2.37. The van der Waals surface area contributed by atoms with Gasteiger partial charge in [0.1, 0.15) is 5.82 Å². The molecule has 3 amide bonds. The number of nitrogens with zero attached hydrogens (tertiary/aromatic N) is 2. The Morgan fingerprint density at radius 1 is 1.05 bits per heavy atom. The lowest BCUT2D eigenvalue weighted by Crippen LogP contribution is -2.49. The highest BCUT2D eigenvalue weighted by molar-refractivity contribution is 5.99. The van der Waals surface area contributed by atoms with Crippen LogP contribution in [-0.4, -0.2) is 67.2 Å². The Morgan fingerprint density at radius 3 is 2.32 bits per heavy atom. The SMILES string of the molecule is COC(=O)Nc1cc(C(=O)NC(CC(=O)O)c2ccc(F)cc2)ccc1N1CCN(C(=O)C2CC2)CC1. The molecule has 11 heteroatoms. The zero-order valence-electron chi connectivity index (χ0n) is 20.4. The summed E-state index contributed by atoms with van der Waals surface area (Å²) >= 11 is 0. The Morgan fingerprint density at radius 2 is 1.73 bits per heavy atom. The van der Waals surface area contributed by atoms with Crippen molar-refractivity contribution in [1.82, 2.24) is 10.2 Å². The number of carboxylic acids is 1. The number of methoxy groups -OCH3 is 1. The number of carboxylic acid groups (broad SMARTS) is 1. The molecule has 2 aromatic rings. The van der Waals surface area contributed by atoms with Gasteiger partial charge in [0.2, 0.25) is 5.91 Å². The minimum atomic E-state index is -1.13. The van der Waals surface area contributed by atoms with E-state index in [4.69, 9.17) is 4.74 Å². The number of anilines is 2. The number of hydrogen-bond donors (Lipinski definition) is 3. The molecule has 2 aliphatic rings. The van der Waals surface area contributed by atoms with Crippen LogP contribution in [-0.2, 0) is 14.3 Å². The van der Waals surface area contributed by atoms with Crippen LogP contribution >= 0.6 is 0 Å². The summed E-state index contributed by atoms with van der Waals surface area (Å²) in [4.78, 5) is 52.8. The monoisotopic (exact) mass is 512 g/mol. The van der Waals surface area contributed by atoms with Crippen molar-refractivity contribution in [2.24, 2.45) is 5.92 Å². The molecule has 0 radical (unpaired) electrons. The number of halogens is 1. The molecule has 1 saturated carbocycles. The first-order valence-corrected chi connectivity index (χ1v) is 12.1. The maximum Gasteiger partial charge on any atom is 0.411 e. The van der Waals surface area contributed by atoms with Gasteiger partial charge in [0.05, 0.1) is 30.9 Å². The van der Waals surface area contributed by atoms with E-state index in [0.29, 0.717) is 43.1 Å². The van der Waals surface area contributed by atoms with Crippen molar-refractivity contribution in [1.29, 1.82) is 0 Å². The first-order valence-electron chi connectivity index (χ1n) is 12.1. The molecule has 2 aromatic carbocycles. The maximum absolute atomic E-state index is 13.3. The van der Waals surface area contributed by atoms with E-state index < -0.39 is 36.2 Å². The van der Waals surface area contributed by atoms with Gasteiger partial charge in [0.25, 0.3) is 5.91 Å². The summed E-state index contributed by atoms with van der Waals surface area (Å²) in [7, 11) is 1.23. The van der Waals surface area contributed by atoms with Gasteiger partial charge in [-0.25, -0.2) is 9.18 Å². The van der Waals surface area contributed by atoms with Gasteiger partial charge in [-0.3, -0.25) is 19.7 Å². The van der Waals surface area contributed by atoms with Crippen LogP contribution in [0, 0.1) is 11.7 Å². The Kier molecular flexibility index (Phi) is 7.90. The van der Waals surface area contributed by atoms with E-state index in [1.807, 2.05) is 9.80 Å². The number of amides is 3. The van der Waals surface area contributed by atoms with E-state index >= 15 is 0 Å². The summed E-state index contributed by atoms with van der Waals surface area (Å²) in [5, 5.41) is 14.6. The predicted molar refractivity (Wildman–Crippen MR) is 133 cm³/mol. The molecule has 1 heterocycles. The van der Waals surface area contributed by atoms with E-state index in [0.717, 1.165) is 12.8 Å². The average molecular weight is 513 g/mol. The number of ether oxygens (including phenoxy) is 1. The van der Waals surface area contributed by atoms with Crippen molar-refractivity contribution in [3.05, 3.63) is 59.4 Å². The fourth-order valence-electron chi connectivity index (χ4n) is 4.33. The summed E-state index contributed by atoms with van der Waals surface area (Å²) in [5.74, 6) is -1.82. The molecule has 1 unspecified atom stereocenters. The van der Waals surface area contributed by atoms with Gasteiger partial charge in [-0.2, -0.15) is 0 Å². The molecule has 1 aliphatic heterocycles. The molecule has 1 saturated heterocycles. The third-order valence-electron chi connectivity index (χ3n) is 6.50. The van der Waals surface area contributed by atoms with Gasteiger partial charge >= 0.3 is 12.1 Å². The highest BCUT2D eigenvalue weighted by Crippen LogP contribution is 2.33. The largest absolute Gasteiger partial charge is 0.481 e. The number of hydrogen-bond acceptors (Lipinski definition) is 6. The van der Waals surface area contributed by atoms with Gasteiger partial charge in [0.15, 0.2) is 0 Å². The van der Waals surface area contributed by atoms with Crippen LogP contribution in [0.5, 0.6) is 0 Å². The fraction of sp³-hybridized carbons (Fsp3) is 0.385. The average Bonchev–Trinajstić information content (AvgIpc) is 3.74. The van der Waals surface area contributed by atoms with Crippen molar-refractivity contribution in [3.8, 4) is 0 Å². The van der Waals surface area contributed by atoms with Gasteiger partial charge < -0.3 is 25.0 Å². The van der Waals surface area contributed by atoms with Crippen LogP contribution in [0.3, 0.4) is 0 Å². The molecule has 0 aromatic heterocycles. The quantitative estimate of drug-likeness (QED) is 0.496. The second-order valence-electron chi connectivity index (χ2n) is 9.11. The number of carbonyl (C=O) groups is 4. The molecule has 37 heavy (non-hydrogen) atoms. The normalized spacial score (nSPS) is 16.1. The maximum atomic E-state index is 13.3. The van der Waals surface area contributed by atoms with Gasteiger partial charge in [0, 0.05) is 37.7 Å². The number of rotatable bonds is 8. The summed E-state index contributed by atoms with van der Waals surface area (Å²) in [6.07, 6.45) is 0.789. The van der Waals surface area contributed by atoms with Crippen molar-refractivity contribution in [3.63, 3.8) is 0 Å². The minimum Gasteiger partial charge on any atom is -0.481 e. The Labute approximate surface area is 213 Å². The minimum absolute atomic E-state index is 0.153. The summed E-state index contributed by atoms with van der Waals surface area (Å²) < 4.78 is 18.1. The molecule has 3 N–H and O–H groups in total. The Hall–Kier alpha value is -4.15. The van der Waals surface area contributed by atoms with Crippen LogP contribution in [0.1, 0.15) is 41.2 Å². The second-order valence-corrected chi connectivity index (χ2v) is 9.11. The van der Waals surface area contributed by atoms with Crippen molar-refractivity contribution >= 4 is 35.3 Å². The molecular formula is C26H29FN4O6. The fourth-order valence-corrected chi connectivity index (χ4v) is 4.33. The summed E-state index contributed by atoms with van der Waals surface area (Å²) in [5.41, 5.74) is 1.65. The van der Waals surface area contributed by atoms with E-state index in [1.54, 1.807) is 12.1 Å². The highest BCUT2D eigenvalue weighted by Gasteiger charge is 2.35. The smallest absolute Gasteiger partial charge is 0.411 e. The van der Waals surface area contributed by atoms with E-state index in [2.05, 4.69) is 10.6 Å². The lowest BCUT2D eigenvalue weighted by atomic mass is 10.0.